The first-order valence-electron chi connectivity index (χ1n) is 13.0. The normalized spacial score (nSPS) is 16.1. The summed E-state index contributed by atoms with van der Waals surface area (Å²) in [4.78, 5) is 44.6. The number of hydrogen-bond acceptors (Lipinski definition) is 7. The number of methoxy groups -OCH3 is 2. The molecule has 1 fully saturated rings. The zero-order chi connectivity index (χ0) is 28.9. The van der Waals surface area contributed by atoms with Crippen molar-refractivity contribution in [3.8, 4) is 0 Å². The van der Waals surface area contributed by atoms with Gasteiger partial charge in [0, 0.05) is 31.5 Å². The van der Waals surface area contributed by atoms with E-state index in [2.05, 4.69) is 26.6 Å². The largest absolute Gasteiger partial charge is 0.466 e. The molecule has 2 aromatic rings. The number of imide groups is 1. The van der Waals surface area contributed by atoms with Crippen LogP contribution in [0.5, 0.6) is 0 Å². The van der Waals surface area contributed by atoms with Gasteiger partial charge in [0.05, 0.1) is 31.5 Å². The van der Waals surface area contributed by atoms with E-state index in [1.807, 2.05) is 18.3 Å². The number of piperidine rings is 1. The Labute approximate surface area is 232 Å². The molecular formula is C28H35F2N5O5. The summed E-state index contributed by atoms with van der Waals surface area (Å²) in [6.07, 6.45) is 4.76. The van der Waals surface area contributed by atoms with Crippen molar-refractivity contribution in [1.82, 2.24) is 25.4 Å². The van der Waals surface area contributed by atoms with Crippen LogP contribution in [-0.2, 0) is 14.3 Å². The number of carbonyl (C=O) groups excluding carboxylic acids is 3. The minimum absolute atomic E-state index is 0.0443. The number of aromatic nitrogens is 1. The van der Waals surface area contributed by atoms with Gasteiger partial charge >= 0.3 is 18.0 Å². The van der Waals surface area contributed by atoms with E-state index in [1.165, 1.54) is 26.4 Å². The molecule has 0 atom stereocenters. The molecule has 216 valence electrons. The van der Waals surface area contributed by atoms with Crippen molar-refractivity contribution < 1.29 is 32.6 Å². The number of amides is 4. The van der Waals surface area contributed by atoms with Gasteiger partial charge in [0.15, 0.2) is 11.6 Å². The molecule has 0 unspecified atom stereocenters. The average Bonchev–Trinajstić information content (AvgIpc) is 2.98. The van der Waals surface area contributed by atoms with E-state index in [9.17, 15) is 23.2 Å². The van der Waals surface area contributed by atoms with E-state index in [0.717, 1.165) is 61.6 Å². The third kappa shape index (κ3) is 8.82. The first-order chi connectivity index (χ1) is 19.3. The number of rotatable bonds is 8. The number of pyridine rings is 1. The molecule has 1 saturated heterocycles. The Morgan fingerprint density at radius 2 is 1.75 bits per heavy atom. The standard InChI is InChI=1S/C22H31N5O5.C6H4F2/c1-31-15-19-17(20(28)32-2)14-27(22(30)25-19)21(29)24-10-5-11-26-12-7-16(8-13-26)18-6-3-4-9-23-18;7-5-3-1-2-4-6(5)8/h3-4,6,9,16H,5,7-8,10-15H2,1-2H3,(H,24,29)(H,25,30);1-4H. The van der Waals surface area contributed by atoms with Gasteiger partial charge in [-0.05, 0) is 63.2 Å². The quantitative estimate of drug-likeness (QED) is 0.376. The molecule has 10 nitrogen and oxygen atoms in total. The van der Waals surface area contributed by atoms with Crippen LogP contribution in [0.3, 0.4) is 0 Å². The number of benzene rings is 1. The summed E-state index contributed by atoms with van der Waals surface area (Å²) in [5.41, 5.74) is 1.66. The highest BCUT2D eigenvalue weighted by molar-refractivity contribution is 6.00. The summed E-state index contributed by atoms with van der Waals surface area (Å²) < 4.78 is 33.7. The Morgan fingerprint density at radius 3 is 2.33 bits per heavy atom. The third-order valence-corrected chi connectivity index (χ3v) is 6.59. The van der Waals surface area contributed by atoms with E-state index in [1.54, 1.807) is 0 Å². The first-order valence-corrected chi connectivity index (χ1v) is 13.0. The molecule has 4 amide bonds. The van der Waals surface area contributed by atoms with E-state index in [0.29, 0.717) is 18.2 Å². The van der Waals surface area contributed by atoms with Gasteiger partial charge in [-0.25, -0.2) is 28.1 Å². The van der Waals surface area contributed by atoms with Crippen molar-refractivity contribution in [1.29, 1.82) is 0 Å². The maximum absolute atomic E-state index is 12.5. The lowest BCUT2D eigenvalue weighted by Gasteiger charge is -2.32. The molecule has 0 bridgehead atoms. The second-order valence-corrected chi connectivity index (χ2v) is 9.27. The SMILES string of the molecule is COCC1=C(C(=O)OC)CN(C(=O)NCCCN2CCC(c3ccccn3)CC2)C(=O)N1.Fc1ccccc1F. The maximum atomic E-state index is 12.5. The van der Waals surface area contributed by atoms with Gasteiger partial charge in [-0.3, -0.25) is 4.98 Å². The highest BCUT2D eigenvalue weighted by Crippen LogP contribution is 2.26. The van der Waals surface area contributed by atoms with Gasteiger partial charge in [0.2, 0.25) is 0 Å². The Balaban J connectivity index is 0.000000472. The summed E-state index contributed by atoms with van der Waals surface area (Å²) in [6.45, 7) is 3.18. The number of nitrogens with one attached hydrogen (secondary N) is 2. The number of hydrogen-bond donors (Lipinski definition) is 2. The number of esters is 1. The summed E-state index contributed by atoms with van der Waals surface area (Å²) in [7, 11) is 2.70. The van der Waals surface area contributed by atoms with Crippen molar-refractivity contribution in [3.05, 3.63) is 77.3 Å². The van der Waals surface area contributed by atoms with Crippen LogP contribution in [0.1, 0.15) is 30.9 Å². The molecule has 2 aliphatic heterocycles. The van der Waals surface area contributed by atoms with Crippen molar-refractivity contribution in [2.24, 2.45) is 0 Å². The molecule has 0 spiro atoms. The van der Waals surface area contributed by atoms with Gasteiger partial charge in [0.25, 0.3) is 0 Å². The Kier molecular flexibility index (Phi) is 12.0. The van der Waals surface area contributed by atoms with Gasteiger partial charge in [-0.1, -0.05) is 18.2 Å². The highest BCUT2D eigenvalue weighted by atomic mass is 19.2. The predicted molar refractivity (Wildman–Crippen MR) is 143 cm³/mol. The molecule has 2 N–H and O–H groups in total. The molecule has 40 heavy (non-hydrogen) atoms. The number of likely N-dealkylation sites (tertiary alicyclic amines) is 1. The molecule has 1 aromatic heterocycles. The van der Waals surface area contributed by atoms with Crippen molar-refractivity contribution in [2.75, 3.05) is 53.6 Å². The van der Waals surface area contributed by atoms with E-state index in [-0.39, 0.29) is 18.7 Å². The summed E-state index contributed by atoms with van der Waals surface area (Å²) in [5.74, 6) is -1.70. The van der Waals surface area contributed by atoms with Crippen LogP contribution >= 0.6 is 0 Å². The van der Waals surface area contributed by atoms with Crippen LogP contribution in [0, 0.1) is 11.6 Å². The minimum Gasteiger partial charge on any atom is -0.466 e. The molecule has 2 aliphatic rings. The molecule has 1 aromatic carbocycles. The van der Waals surface area contributed by atoms with E-state index >= 15 is 0 Å². The Morgan fingerprint density at radius 1 is 1.07 bits per heavy atom. The summed E-state index contributed by atoms with van der Waals surface area (Å²) in [6, 6.07) is 9.95. The summed E-state index contributed by atoms with van der Waals surface area (Å²) in [5, 5.41) is 5.30. The molecule has 4 rings (SSSR count). The number of nitrogens with zero attached hydrogens (tertiary/aromatic N) is 3. The monoisotopic (exact) mass is 559 g/mol. The fourth-order valence-electron chi connectivity index (χ4n) is 4.44. The van der Waals surface area contributed by atoms with Crippen LogP contribution in [0.15, 0.2) is 59.9 Å². The van der Waals surface area contributed by atoms with Crippen molar-refractivity contribution in [3.63, 3.8) is 0 Å². The Bertz CT molecular complexity index is 1150. The van der Waals surface area contributed by atoms with Crippen LogP contribution in [0.4, 0.5) is 18.4 Å². The number of urea groups is 2. The number of ether oxygens (including phenoxy) is 2. The molecular weight excluding hydrogens is 524 g/mol. The van der Waals surface area contributed by atoms with Gasteiger partial charge in [-0.15, -0.1) is 0 Å². The highest BCUT2D eigenvalue weighted by Gasteiger charge is 2.33. The molecule has 0 aliphatic carbocycles. The van der Waals surface area contributed by atoms with Crippen LogP contribution in [0.25, 0.3) is 0 Å². The smallest absolute Gasteiger partial charge is 0.337 e. The van der Waals surface area contributed by atoms with Crippen LogP contribution in [-0.4, -0.2) is 86.4 Å². The fraction of sp³-hybridized carbons (Fsp3) is 0.429. The van der Waals surface area contributed by atoms with Crippen LogP contribution < -0.4 is 10.6 Å². The Hall–Kier alpha value is -3.90. The van der Waals surface area contributed by atoms with E-state index < -0.39 is 29.7 Å². The average molecular weight is 560 g/mol. The lowest BCUT2D eigenvalue weighted by atomic mass is 9.93. The lowest BCUT2D eigenvalue weighted by Crippen LogP contribution is -2.54. The first kappa shape index (κ1) is 30.6. The second kappa shape index (κ2) is 15.6. The zero-order valence-corrected chi connectivity index (χ0v) is 22.7. The van der Waals surface area contributed by atoms with E-state index in [4.69, 9.17) is 9.47 Å². The van der Waals surface area contributed by atoms with Crippen molar-refractivity contribution in [2.45, 2.75) is 25.2 Å². The van der Waals surface area contributed by atoms with Gasteiger partial charge in [-0.2, -0.15) is 0 Å². The second-order valence-electron chi connectivity index (χ2n) is 9.27. The maximum Gasteiger partial charge on any atom is 0.337 e. The molecule has 3 heterocycles. The van der Waals surface area contributed by atoms with Crippen molar-refractivity contribution >= 4 is 18.0 Å². The molecule has 0 saturated carbocycles. The fourth-order valence-corrected chi connectivity index (χ4v) is 4.44. The van der Waals surface area contributed by atoms with Crippen LogP contribution in [0.2, 0.25) is 0 Å². The topological polar surface area (TPSA) is 113 Å². The third-order valence-electron chi connectivity index (χ3n) is 6.59. The lowest BCUT2D eigenvalue weighted by molar-refractivity contribution is -0.136. The summed E-state index contributed by atoms with van der Waals surface area (Å²) >= 11 is 0. The van der Waals surface area contributed by atoms with Gasteiger partial charge in [0.1, 0.15) is 0 Å². The molecule has 0 radical (unpaired) electrons. The minimum atomic E-state index is -0.799. The predicted octanol–water partition coefficient (Wildman–Crippen LogP) is 3.42. The van der Waals surface area contributed by atoms with Gasteiger partial charge < -0.3 is 25.0 Å². The number of carbonyl (C=O) groups is 3. The number of halogens is 2. The zero-order valence-electron chi connectivity index (χ0n) is 22.7. The molecule has 12 heteroatoms.